The third-order valence-corrected chi connectivity index (χ3v) is 3.61. The summed E-state index contributed by atoms with van der Waals surface area (Å²) in [5.74, 6) is -0.130. The van der Waals surface area contributed by atoms with E-state index in [1.54, 1.807) is 18.9 Å². The summed E-state index contributed by atoms with van der Waals surface area (Å²) in [7, 11) is 1.67. The molecule has 2 N–H and O–H groups in total. The first-order valence-corrected chi connectivity index (χ1v) is 5.65. The largest absolute Gasteiger partial charge is 0.480 e. The number of methoxy groups -OCH3 is 1. The van der Waals surface area contributed by atoms with Gasteiger partial charge in [0.15, 0.2) is 0 Å². The zero-order valence-corrected chi connectivity index (χ0v) is 9.56. The molecule has 1 saturated heterocycles. The van der Waals surface area contributed by atoms with Gasteiger partial charge >= 0.3 is 5.97 Å². The second-order valence-electron chi connectivity index (χ2n) is 4.05. The third-order valence-electron chi connectivity index (χ3n) is 2.38. The van der Waals surface area contributed by atoms with Crippen LogP contribution in [0.1, 0.15) is 20.3 Å². The molecule has 0 aromatic rings. The smallest absolute Gasteiger partial charge is 0.321 e. The van der Waals surface area contributed by atoms with Crippen LogP contribution in [0.5, 0.6) is 0 Å². The van der Waals surface area contributed by atoms with E-state index in [0.717, 1.165) is 6.42 Å². The number of ether oxygens (including phenoxy) is 1. The summed E-state index contributed by atoms with van der Waals surface area (Å²) in [6, 6.07) is -0.405. The Morgan fingerprint density at radius 1 is 1.71 bits per heavy atom. The quantitative estimate of drug-likeness (QED) is 0.736. The molecule has 1 rings (SSSR count). The predicted octanol–water partition coefficient (Wildman–Crippen LogP) is 0.917. The highest BCUT2D eigenvalue weighted by Crippen LogP contribution is 2.27. The molecule has 0 radical (unpaired) electrons. The van der Waals surface area contributed by atoms with Crippen LogP contribution in [-0.4, -0.2) is 41.0 Å². The van der Waals surface area contributed by atoms with Crippen molar-refractivity contribution >= 4 is 17.7 Å². The first-order valence-electron chi connectivity index (χ1n) is 4.60. The molecule has 0 saturated carbocycles. The lowest BCUT2D eigenvalue weighted by atomic mass is 10.1. The zero-order valence-electron chi connectivity index (χ0n) is 8.74. The van der Waals surface area contributed by atoms with E-state index in [2.05, 4.69) is 5.32 Å². The summed E-state index contributed by atoms with van der Waals surface area (Å²) < 4.78 is 5.29. The highest BCUT2D eigenvalue weighted by Gasteiger charge is 2.33. The summed E-state index contributed by atoms with van der Waals surface area (Å²) >= 11 is 1.65. The van der Waals surface area contributed by atoms with Crippen LogP contribution >= 0.6 is 11.8 Å². The summed E-state index contributed by atoms with van der Waals surface area (Å²) in [4.78, 5) is 10.7. The third kappa shape index (κ3) is 3.15. The summed E-state index contributed by atoms with van der Waals surface area (Å²) in [5, 5.41) is 12.0. The van der Waals surface area contributed by atoms with Gasteiger partial charge in [0.2, 0.25) is 0 Å². The topological polar surface area (TPSA) is 58.6 Å². The van der Waals surface area contributed by atoms with Crippen LogP contribution in [0.15, 0.2) is 0 Å². The van der Waals surface area contributed by atoms with Crippen molar-refractivity contribution in [2.45, 2.75) is 37.3 Å². The summed E-state index contributed by atoms with van der Waals surface area (Å²) in [5.41, 5.74) is -0.196. The van der Waals surface area contributed by atoms with Gasteiger partial charge in [-0.3, -0.25) is 10.1 Å². The van der Waals surface area contributed by atoms with E-state index in [0.29, 0.717) is 5.75 Å². The number of nitrogens with one attached hydrogen (secondary N) is 1. The standard InChI is InChI=1S/C9H17NO3S/c1-9(2,13-3)4-7-10-6(5-14-7)8(11)12/h6-7,10H,4-5H2,1-3H3,(H,11,12). The number of thioether (sulfide) groups is 1. The van der Waals surface area contributed by atoms with E-state index in [4.69, 9.17) is 9.84 Å². The molecule has 0 bridgehead atoms. The van der Waals surface area contributed by atoms with Gasteiger partial charge in [-0.25, -0.2) is 0 Å². The molecule has 0 aromatic carbocycles. The van der Waals surface area contributed by atoms with Crippen molar-refractivity contribution in [1.29, 1.82) is 0 Å². The second kappa shape index (κ2) is 4.51. The number of carbonyl (C=O) groups is 1. The number of rotatable bonds is 4. The van der Waals surface area contributed by atoms with Gasteiger partial charge in [0.05, 0.1) is 11.0 Å². The lowest BCUT2D eigenvalue weighted by molar-refractivity contribution is -0.138. The maximum Gasteiger partial charge on any atom is 0.321 e. The Balaban J connectivity index is 2.39. The van der Waals surface area contributed by atoms with Gasteiger partial charge in [0, 0.05) is 19.3 Å². The van der Waals surface area contributed by atoms with Gasteiger partial charge in [0.1, 0.15) is 6.04 Å². The van der Waals surface area contributed by atoms with E-state index in [1.165, 1.54) is 0 Å². The molecule has 4 nitrogen and oxygen atoms in total. The van der Waals surface area contributed by atoms with E-state index in [9.17, 15) is 4.79 Å². The number of aliphatic carboxylic acids is 1. The molecule has 0 aromatic heterocycles. The molecule has 1 heterocycles. The average Bonchev–Trinajstić information content (AvgIpc) is 2.52. The minimum Gasteiger partial charge on any atom is -0.480 e. The van der Waals surface area contributed by atoms with Crippen LogP contribution in [0.2, 0.25) is 0 Å². The highest BCUT2D eigenvalue weighted by molar-refractivity contribution is 8.00. The monoisotopic (exact) mass is 219 g/mol. The molecule has 2 atom stereocenters. The Labute approximate surface area is 88.4 Å². The minimum absolute atomic E-state index is 0.186. The maximum absolute atomic E-state index is 10.7. The Bertz CT molecular complexity index is 220. The van der Waals surface area contributed by atoms with E-state index >= 15 is 0 Å². The maximum atomic E-state index is 10.7. The lowest BCUT2D eigenvalue weighted by Crippen LogP contribution is -2.39. The second-order valence-corrected chi connectivity index (χ2v) is 5.28. The SMILES string of the molecule is COC(C)(C)CC1NC(C(=O)O)CS1. The molecule has 14 heavy (non-hydrogen) atoms. The van der Waals surface area contributed by atoms with Gasteiger partial charge in [-0.15, -0.1) is 11.8 Å². The Hall–Kier alpha value is -0.260. The van der Waals surface area contributed by atoms with Crippen LogP contribution in [0.4, 0.5) is 0 Å². The van der Waals surface area contributed by atoms with Crippen molar-refractivity contribution < 1.29 is 14.6 Å². The van der Waals surface area contributed by atoms with Crippen LogP contribution in [0.25, 0.3) is 0 Å². The first kappa shape index (κ1) is 11.8. The van der Waals surface area contributed by atoms with Crippen molar-refractivity contribution in [3.63, 3.8) is 0 Å². The molecule has 1 aliphatic rings. The Morgan fingerprint density at radius 2 is 2.36 bits per heavy atom. The first-order chi connectivity index (χ1) is 6.44. The molecule has 0 aliphatic carbocycles. The van der Waals surface area contributed by atoms with Crippen LogP contribution in [0, 0.1) is 0 Å². The van der Waals surface area contributed by atoms with Crippen molar-refractivity contribution in [1.82, 2.24) is 5.32 Å². The normalized spacial score (nSPS) is 27.9. The number of hydrogen-bond donors (Lipinski definition) is 2. The van der Waals surface area contributed by atoms with Crippen LogP contribution in [0.3, 0.4) is 0 Å². The van der Waals surface area contributed by atoms with E-state index in [-0.39, 0.29) is 11.0 Å². The van der Waals surface area contributed by atoms with Crippen LogP contribution in [-0.2, 0) is 9.53 Å². The fourth-order valence-corrected chi connectivity index (χ4v) is 2.77. The predicted molar refractivity (Wildman–Crippen MR) is 56.5 cm³/mol. The van der Waals surface area contributed by atoms with Crippen molar-refractivity contribution in [2.24, 2.45) is 0 Å². The molecule has 0 spiro atoms. The molecule has 1 aliphatic heterocycles. The van der Waals surface area contributed by atoms with Crippen molar-refractivity contribution in [2.75, 3.05) is 12.9 Å². The molecule has 5 heteroatoms. The summed E-state index contributed by atoms with van der Waals surface area (Å²) in [6.45, 7) is 4.01. The van der Waals surface area contributed by atoms with E-state index < -0.39 is 12.0 Å². The molecule has 82 valence electrons. The molecular weight excluding hydrogens is 202 g/mol. The van der Waals surface area contributed by atoms with E-state index in [1.807, 2.05) is 13.8 Å². The number of carboxylic acid groups (broad SMARTS) is 1. The van der Waals surface area contributed by atoms with Gasteiger partial charge in [0.25, 0.3) is 0 Å². The molecule has 0 amide bonds. The van der Waals surface area contributed by atoms with Crippen molar-refractivity contribution in [3.05, 3.63) is 0 Å². The fraction of sp³-hybridized carbons (Fsp3) is 0.889. The van der Waals surface area contributed by atoms with Gasteiger partial charge < -0.3 is 9.84 Å². The number of carboxylic acids is 1. The zero-order chi connectivity index (χ0) is 10.8. The lowest BCUT2D eigenvalue weighted by Gasteiger charge is -2.26. The fourth-order valence-electron chi connectivity index (χ4n) is 1.32. The number of hydrogen-bond acceptors (Lipinski definition) is 4. The van der Waals surface area contributed by atoms with Gasteiger partial charge in [-0.2, -0.15) is 0 Å². The van der Waals surface area contributed by atoms with Gasteiger partial charge in [-0.05, 0) is 13.8 Å². The Morgan fingerprint density at radius 3 is 2.79 bits per heavy atom. The molecular formula is C9H17NO3S. The average molecular weight is 219 g/mol. The van der Waals surface area contributed by atoms with Crippen LogP contribution < -0.4 is 5.32 Å². The summed E-state index contributed by atoms with van der Waals surface area (Å²) in [6.07, 6.45) is 0.817. The molecule has 2 unspecified atom stereocenters. The Kier molecular flexibility index (Phi) is 3.80. The van der Waals surface area contributed by atoms with Crippen molar-refractivity contribution in [3.8, 4) is 0 Å². The highest BCUT2D eigenvalue weighted by atomic mass is 32.2. The minimum atomic E-state index is -0.768. The van der Waals surface area contributed by atoms with Gasteiger partial charge in [-0.1, -0.05) is 0 Å². The molecule has 1 fully saturated rings.